The van der Waals surface area contributed by atoms with Crippen molar-refractivity contribution in [3.63, 3.8) is 0 Å². The second-order valence-electron chi connectivity index (χ2n) is 6.45. The van der Waals surface area contributed by atoms with Gasteiger partial charge in [-0.15, -0.1) is 0 Å². The predicted octanol–water partition coefficient (Wildman–Crippen LogP) is 2.30. The molecule has 0 saturated heterocycles. The maximum atomic E-state index is 12.4. The first-order valence-corrected chi connectivity index (χ1v) is 8.75. The average molecular weight is 374 g/mol. The fourth-order valence-electron chi connectivity index (χ4n) is 2.63. The van der Waals surface area contributed by atoms with E-state index in [1.807, 2.05) is 13.8 Å². The molecule has 0 aliphatic carbocycles. The standard InChI is InChI=1S/C20H26N2O5/c1-13(2)19(20(24)21-12-15-6-5-9-27-15)22-18(23)11-14-7-8-16(25-3)17(10-14)26-4/h5-10,13,19H,11-12H2,1-4H3,(H,21,24)(H,22,23)/t19-/m0/s1. The van der Waals surface area contributed by atoms with Crippen molar-refractivity contribution in [2.45, 2.75) is 32.9 Å². The third-order valence-corrected chi connectivity index (χ3v) is 4.10. The highest BCUT2D eigenvalue weighted by molar-refractivity contribution is 5.88. The molecule has 1 aromatic carbocycles. The maximum absolute atomic E-state index is 12.4. The molecule has 2 amide bonds. The number of methoxy groups -OCH3 is 2. The van der Waals surface area contributed by atoms with Crippen molar-refractivity contribution >= 4 is 11.8 Å². The van der Waals surface area contributed by atoms with Gasteiger partial charge in [-0.2, -0.15) is 0 Å². The average Bonchev–Trinajstić information content (AvgIpc) is 3.17. The smallest absolute Gasteiger partial charge is 0.243 e. The highest BCUT2D eigenvalue weighted by atomic mass is 16.5. The molecular formula is C20H26N2O5. The fourth-order valence-corrected chi connectivity index (χ4v) is 2.63. The van der Waals surface area contributed by atoms with Gasteiger partial charge in [-0.3, -0.25) is 9.59 Å². The number of carbonyl (C=O) groups is 2. The molecule has 0 radical (unpaired) electrons. The summed E-state index contributed by atoms with van der Waals surface area (Å²) in [7, 11) is 3.10. The zero-order valence-corrected chi connectivity index (χ0v) is 16.1. The van der Waals surface area contributed by atoms with Crippen LogP contribution in [0.4, 0.5) is 0 Å². The van der Waals surface area contributed by atoms with Crippen molar-refractivity contribution in [3.05, 3.63) is 47.9 Å². The van der Waals surface area contributed by atoms with E-state index in [9.17, 15) is 9.59 Å². The summed E-state index contributed by atoms with van der Waals surface area (Å²) >= 11 is 0. The molecule has 146 valence electrons. The second kappa shape index (κ2) is 9.66. The molecule has 0 unspecified atom stereocenters. The van der Waals surface area contributed by atoms with E-state index in [1.165, 1.54) is 0 Å². The van der Waals surface area contributed by atoms with Crippen LogP contribution in [0.3, 0.4) is 0 Å². The Kier molecular flexibility index (Phi) is 7.28. The molecular weight excluding hydrogens is 348 g/mol. The minimum absolute atomic E-state index is 0.0593. The lowest BCUT2D eigenvalue weighted by Crippen LogP contribution is -2.49. The SMILES string of the molecule is COc1ccc(CC(=O)N[C@H](C(=O)NCc2ccco2)C(C)C)cc1OC. The van der Waals surface area contributed by atoms with Crippen molar-refractivity contribution in [2.24, 2.45) is 5.92 Å². The number of ether oxygens (including phenoxy) is 2. The maximum Gasteiger partial charge on any atom is 0.243 e. The lowest BCUT2D eigenvalue weighted by atomic mass is 10.0. The topological polar surface area (TPSA) is 89.8 Å². The van der Waals surface area contributed by atoms with E-state index < -0.39 is 6.04 Å². The van der Waals surface area contributed by atoms with Crippen LogP contribution in [0.2, 0.25) is 0 Å². The normalized spacial score (nSPS) is 11.7. The van der Waals surface area contributed by atoms with Crippen LogP contribution in [-0.4, -0.2) is 32.1 Å². The summed E-state index contributed by atoms with van der Waals surface area (Å²) in [4.78, 5) is 24.9. The molecule has 0 fully saturated rings. The number of nitrogens with one attached hydrogen (secondary N) is 2. The zero-order valence-electron chi connectivity index (χ0n) is 16.1. The van der Waals surface area contributed by atoms with E-state index in [0.29, 0.717) is 17.3 Å². The number of rotatable bonds is 9. The largest absolute Gasteiger partial charge is 0.493 e. The van der Waals surface area contributed by atoms with Crippen LogP contribution in [0.1, 0.15) is 25.2 Å². The van der Waals surface area contributed by atoms with Crippen LogP contribution in [0.25, 0.3) is 0 Å². The Morgan fingerprint density at radius 3 is 2.44 bits per heavy atom. The summed E-state index contributed by atoms with van der Waals surface area (Å²) in [6.45, 7) is 4.04. The lowest BCUT2D eigenvalue weighted by Gasteiger charge is -2.21. The molecule has 2 rings (SSSR count). The van der Waals surface area contributed by atoms with Crippen molar-refractivity contribution in [1.82, 2.24) is 10.6 Å². The quantitative estimate of drug-likeness (QED) is 0.703. The summed E-state index contributed by atoms with van der Waals surface area (Å²) < 4.78 is 15.6. The molecule has 0 aliphatic rings. The Labute approximate surface area is 159 Å². The number of benzene rings is 1. The summed E-state index contributed by atoms with van der Waals surface area (Å²) in [5.74, 6) is 1.26. The van der Waals surface area contributed by atoms with Gasteiger partial charge in [-0.05, 0) is 35.7 Å². The van der Waals surface area contributed by atoms with Gasteiger partial charge in [-0.25, -0.2) is 0 Å². The van der Waals surface area contributed by atoms with Gasteiger partial charge in [0.05, 0.1) is 33.4 Å². The summed E-state index contributed by atoms with van der Waals surface area (Å²) in [5, 5.41) is 5.59. The van der Waals surface area contributed by atoms with Gasteiger partial charge >= 0.3 is 0 Å². The molecule has 0 bridgehead atoms. The number of hydrogen-bond donors (Lipinski definition) is 2. The number of hydrogen-bond acceptors (Lipinski definition) is 5. The van der Waals surface area contributed by atoms with E-state index in [1.54, 1.807) is 50.8 Å². The van der Waals surface area contributed by atoms with E-state index >= 15 is 0 Å². The number of carbonyl (C=O) groups excluding carboxylic acids is 2. The minimum atomic E-state index is -0.632. The van der Waals surface area contributed by atoms with Gasteiger partial charge in [0.1, 0.15) is 11.8 Å². The molecule has 0 saturated carbocycles. The van der Waals surface area contributed by atoms with E-state index in [-0.39, 0.29) is 30.7 Å². The molecule has 7 nitrogen and oxygen atoms in total. The van der Waals surface area contributed by atoms with Crippen molar-refractivity contribution < 1.29 is 23.5 Å². The molecule has 1 heterocycles. The summed E-state index contributed by atoms with van der Waals surface area (Å²) in [5.41, 5.74) is 0.767. The Balaban J connectivity index is 1.96. The number of furan rings is 1. The third-order valence-electron chi connectivity index (χ3n) is 4.10. The van der Waals surface area contributed by atoms with Crippen molar-refractivity contribution in [1.29, 1.82) is 0 Å². The van der Waals surface area contributed by atoms with E-state index in [2.05, 4.69) is 10.6 Å². The van der Waals surface area contributed by atoms with E-state index in [4.69, 9.17) is 13.9 Å². The third kappa shape index (κ3) is 5.77. The molecule has 0 aliphatic heterocycles. The van der Waals surface area contributed by atoms with Crippen LogP contribution < -0.4 is 20.1 Å². The summed E-state index contributed by atoms with van der Waals surface area (Å²) in [6.07, 6.45) is 1.68. The van der Waals surface area contributed by atoms with Crippen LogP contribution >= 0.6 is 0 Å². The molecule has 2 N–H and O–H groups in total. The lowest BCUT2D eigenvalue weighted by molar-refractivity contribution is -0.129. The molecule has 0 spiro atoms. The molecule has 2 aromatic rings. The first-order valence-electron chi connectivity index (χ1n) is 8.75. The van der Waals surface area contributed by atoms with Gasteiger partial charge in [0.15, 0.2) is 11.5 Å². The van der Waals surface area contributed by atoms with Gasteiger partial charge in [-0.1, -0.05) is 19.9 Å². The first kappa shape index (κ1) is 20.4. The monoisotopic (exact) mass is 374 g/mol. The van der Waals surface area contributed by atoms with Gasteiger partial charge in [0.2, 0.25) is 11.8 Å². The van der Waals surface area contributed by atoms with Gasteiger partial charge in [0.25, 0.3) is 0 Å². The van der Waals surface area contributed by atoms with Crippen LogP contribution in [0.5, 0.6) is 11.5 Å². The van der Waals surface area contributed by atoms with Crippen molar-refractivity contribution in [2.75, 3.05) is 14.2 Å². The Hall–Kier alpha value is -2.96. The molecule has 1 aromatic heterocycles. The van der Waals surface area contributed by atoms with Crippen molar-refractivity contribution in [3.8, 4) is 11.5 Å². The highest BCUT2D eigenvalue weighted by Crippen LogP contribution is 2.27. The zero-order chi connectivity index (χ0) is 19.8. The van der Waals surface area contributed by atoms with Crippen LogP contribution in [-0.2, 0) is 22.6 Å². The molecule has 1 atom stereocenters. The Morgan fingerprint density at radius 1 is 1.11 bits per heavy atom. The predicted molar refractivity (Wildman–Crippen MR) is 101 cm³/mol. The Morgan fingerprint density at radius 2 is 1.85 bits per heavy atom. The first-order chi connectivity index (χ1) is 12.9. The molecule has 27 heavy (non-hydrogen) atoms. The van der Waals surface area contributed by atoms with Crippen LogP contribution in [0.15, 0.2) is 41.0 Å². The van der Waals surface area contributed by atoms with E-state index in [0.717, 1.165) is 5.56 Å². The van der Waals surface area contributed by atoms with Gasteiger partial charge in [0, 0.05) is 0 Å². The highest BCUT2D eigenvalue weighted by Gasteiger charge is 2.24. The van der Waals surface area contributed by atoms with Gasteiger partial charge < -0.3 is 24.5 Å². The number of amides is 2. The molecule has 7 heteroatoms. The second-order valence-corrected chi connectivity index (χ2v) is 6.45. The van der Waals surface area contributed by atoms with Crippen LogP contribution in [0, 0.1) is 5.92 Å². The minimum Gasteiger partial charge on any atom is -0.493 e. The fraction of sp³-hybridized carbons (Fsp3) is 0.400. The Bertz CT molecular complexity index is 756. The summed E-state index contributed by atoms with van der Waals surface area (Å²) in [6, 6.07) is 8.19.